The molecule has 1 aromatic heterocycles. The van der Waals surface area contributed by atoms with Crippen molar-refractivity contribution in [2.45, 2.75) is 66.0 Å². The number of hydrogen-bond acceptors (Lipinski definition) is 2. The quantitative estimate of drug-likeness (QED) is 0.691. The maximum atomic E-state index is 10.2. The number of nitrogens with two attached hydrogens (primary N) is 1. The fraction of sp³-hybridized carbons (Fsp3) is 0.583. The molecule has 2 aromatic rings. The number of nitrogens with zero attached hydrogens (tertiary/aromatic N) is 1. The van der Waals surface area contributed by atoms with Crippen molar-refractivity contribution < 1.29 is 15.2 Å². The van der Waals surface area contributed by atoms with E-state index in [9.17, 15) is 5.11 Å². The predicted octanol–water partition coefficient (Wildman–Crippen LogP) is 3.55. The molecule has 0 saturated carbocycles. The third-order valence-electron chi connectivity index (χ3n) is 5.32. The van der Waals surface area contributed by atoms with Crippen LogP contribution in [0.15, 0.2) is 36.4 Å². The molecule has 1 atom stereocenters. The van der Waals surface area contributed by atoms with Gasteiger partial charge in [0.25, 0.3) is 0 Å². The normalized spacial score (nSPS) is 13.6. The van der Waals surface area contributed by atoms with Crippen LogP contribution < -0.4 is 10.1 Å². The van der Waals surface area contributed by atoms with Crippen molar-refractivity contribution in [2.24, 2.45) is 12.5 Å². The van der Waals surface area contributed by atoms with Crippen LogP contribution in [0.1, 0.15) is 58.0 Å². The summed E-state index contributed by atoms with van der Waals surface area (Å²) in [5.74, 6) is 0.812. The summed E-state index contributed by atoms with van der Waals surface area (Å²) in [6, 6.07) is 12.6. The first kappa shape index (κ1) is 22.5. The first-order chi connectivity index (χ1) is 13.0. The molecule has 0 fully saturated rings. The highest BCUT2D eigenvalue weighted by Crippen LogP contribution is 2.36. The highest BCUT2D eigenvalue weighted by Gasteiger charge is 2.27. The fourth-order valence-electron chi connectivity index (χ4n) is 3.99. The van der Waals surface area contributed by atoms with Crippen LogP contribution in [0, 0.1) is 12.3 Å². The van der Waals surface area contributed by atoms with Crippen LogP contribution in [0.2, 0.25) is 0 Å². The van der Waals surface area contributed by atoms with Gasteiger partial charge in [-0.05, 0) is 54.0 Å². The van der Waals surface area contributed by atoms with Crippen LogP contribution in [0.4, 0.5) is 0 Å². The molecule has 0 spiro atoms. The Balaban J connectivity index is 1.78. The number of ether oxygens (including phenoxy) is 1. The number of aliphatic hydroxyl groups is 1. The number of hydrogen-bond donors (Lipinski definition) is 2. The predicted molar refractivity (Wildman–Crippen MR) is 116 cm³/mol. The Kier molecular flexibility index (Phi) is 7.35. The average molecular weight is 388 g/mol. The van der Waals surface area contributed by atoms with E-state index in [1.165, 1.54) is 17.0 Å². The Hall–Kier alpha value is -1.78. The van der Waals surface area contributed by atoms with Gasteiger partial charge >= 0.3 is 0 Å². The lowest BCUT2D eigenvalue weighted by Crippen LogP contribution is -2.85. The van der Waals surface area contributed by atoms with Gasteiger partial charge in [0.2, 0.25) is 0 Å². The Labute approximate surface area is 170 Å². The van der Waals surface area contributed by atoms with E-state index in [4.69, 9.17) is 4.74 Å². The van der Waals surface area contributed by atoms with E-state index in [0.717, 1.165) is 18.7 Å². The van der Waals surface area contributed by atoms with Crippen LogP contribution in [0.3, 0.4) is 0 Å². The molecule has 1 heterocycles. The smallest absolute Gasteiger partial charge is 0.137 e. The van der Waals surface area contributed by atoms with Gasteiger partial charge in [-0.1, -0.05) is 46.8 Å². The molecule has 2 rings (SSSR count). The molecular formula is C24H39N2O2+. The van der Waals surface area contributed by atoms with Crippen molar-refractivity contribution >= 4 is 0 Å². The molecular weight excluding hydrogens is 348 g/mol. The van der Waals surface area contributed by atoms with E-state index in [1.807, 2.05) is 12.1 Å². The van der Waals surface area contributed by atoms with E-state index < -0.39 is 6.10 Å². The zero-order chi connectivity index (χ0) is 20.9. The number of quaternary nitrogens is 1. The van der Waals surface area contributed by atoms with E-state index in [-0.39, 0.29) is 10.8 Å². The van der Waals surface area contributed by atoms with Crippen LogP contribution in [0.25, 0.3) is 0 Å². The van der Waals surface area contributed by atoms with Crippen molar-refractivity contribution in [2.75, 3.05) is 13.2 Å². The minimum Gasteiger partial charge on any atom is -0.491 e. The summed E-state index contributed by atoms with van der Waals surface area (Å²) in [6.07, 6.45) is 0.633. The molecule has 0 saturated heterocycles. The number of aryl methyl sites for hydroxylation is 1. The average Bonchev–Trinajstić information content (AvgIpc) is 2.90. The topological polar surface area (TPSA) is 51.0 Å². The molecule has 0 radical (unpaired) electrons. The van der Waals surface area contributed by atoms with E-state index in [0.29, 0.717) is 13.2 Å². The van der Waals surface area contributed by atoms with Crippen molar-refractivity contribution in [3.8, 4) is 5.75 Å². The van der Waals surface area contributed by atoms with Gasteiger partial charge < -0.3 is 19.7 Å². The highest BCUT2D eigenvalue weighted by atomic mass is 16.5. The van der Waals surface area contributed by atoms with Crippen LogP contribution >= 0.6 is 0 Å². The van der Waals surface area contributed by atoms with Gasteiger partial charge in [-0.25, -0.2) is 0 Å². The lowest BCUT2D eigenvalue weighted by molar-refractivity contribution is -0.677. The van der Waals surface area contributed by atoms with Gasteiger partial charge in [-0.3, -0.25) is 0 Å². The Bertz CT molecular complexity index is 739. The summed E-state index contributed by atoms with van der Waals surface area (Å²) >= 11 is 0. The van der Waals surface area contributed by atoms with E-state index in [2.05, 4.69) is 82.7 Å². The summed E-state index contributed by atoms with van der Waals surface area (Å²) in [5, 5.41) is 12.3. The van der Waals surface area contributed by atoms with Crippen molar-refractivity contribution in [1.29, 1.82) is 0 Å². The second kappa shape index (κ2) is 9.15. The van der Waals surface area contributed by atoms with E-state index >= 15 is 0 Å². The van der Waals surface area contributed by atoms with Gasteiger partial charge in [0.15, 0.2) is 0 Å². The third-order valence-corrected chi connectivity index (χ3v) is 5.32. The van der Waals surface area contributed by atoms with E-state index in [1.54, 1.807) is 0 Å². The first-order valence-electron chi connectivity index (χ1n) is 10.3. The summed E-state index contributed by atoms with van der Waals surface area (Å²) in [5.41, 5.74) is 4.25. The maximum Gasteiger partial charge on any atom is 0.137 e. The Morgan fingerprint density at radius 3 is 2.21 bits per heavy atom. The second-order valence-electron chi connectivity index (χ2n) is 9.86. The summed E-state index contributed by atoms with van der Waals surface area (Å²) in [4.78, 5) is 0. The van der Waals surface area contributed by atoms with Gasteiger partial charge in [0, 0.05) is 12.7 Å². The minimum absolute atomic E-state index is 0.126. The standard InChI is InChI=1S/C24H38N2O2/c1-18-8-11-20(26(18)7)14-25-15-21(27)16-28-22-12-9-19(10-13-22)24(5,6)17-23(2,3)4/h8-13,21,25,27H,14-17H2,1-7H3/p+1/t21-/m1/s1. The monoisotopic (exact) mass is 387 g/mol. The molecule has 1 aromatic carbocycles. The Morgan fingerprint density at radius 2 is 1.68 bits per heavy atom. The SMILES string of the molecule is Cc1ccc(C[NH2+]C[C@@H](O)COc2ccc(C(C)(C)CC(C)(C)C)cc2)n1C. The maximum absolute atomic E-state index is 10.2. The summed E-state index contributed by atoms with van der Waals surface area (Å²) in [6.45, 7) is 15.3. The fourth-order valence-corrected chi connectivity index (χ4v) is 3.99. The molecule has 156 valence electrons. The molecule has 0 aliphatic carbocycles. The molecule has 0 aliphatic heterocycles. The minimum atomic E-state index is -0.488. The first-order valence-corrected chi connectivity index (χ1v) is 10.3. The molecule has 28 heavy (non-hydrogen) atoms. The molecule has 0 amide bonds. The lowest BCUT2D eigenvalue weighted by atomic mass is 9.72. The molecule has 0 aliphatic rings. The number of benzene rings is 1. The van der Waals surface area contributed by atoms with Gasteiger partial charge in [0.05, 0.1) is 5.69 Å². The number of aromatic nitrogens is 1. The van der Waals surface area contributed by atoms with Crippen molar-refractivity contribution in [1.82, 2.24) is 4.57 Å². The number of rotatable bonds is 9. The van der Waals surface area contributed by atoms with Crippen LogP contribution in [-0.2, 0) is 19.0 Å². The number of aliphatic hydroxyl groups excluding tert-OH is 1. The van der Waals surface area contributed by atoms with Gasteiger partial charge in [-0.2, -0.15) is 0 Å². The lowest BCUT2D eigenvalue weighted by Gasteiger charge is -2.33. The highest BCUT2D eigenvalue weighted by molar-refractivity contribution is 5.31. The van der Waals surface area contributed by atoms with Crippen molar-refractivity contribution in [3.63, 3.8) is 0 Å². The molecule has 4 nitrogen and oxygen atoms in total. The molecule has 3 N–H and O–H groups in total. The summed E-state index contributed by atoms with van der Waals surface area (Å²) in [7, 11) is 2.07. The third kappa shape index (κ3) is 6.68. The zero-order valence-corrected chi connectivity index (χ0v) is 18.7. The van der Waals surface area contributed by atoms with Gasteiger partial charge in [0.1, 0.15) is 31.5 Å². The second-order valence-corrected chi connectivity index (χ2v) is 9.86. The van der Waals surface area contributed by atoms with Gasteiger partial charge in [-0.15, -0.1) is 0 Å². The van der Waals surface area contributed by atoms with Crippen LogP contribution in [-0.4, -0.2) is 28.9 Å². The molecule has 0 unspecified atom stereocenters. The van der Waals surface area contributed by atoms with Crippen molar-refractivity contribution in [3.05, 3.63) is 53.3 Å². The van der Waals surface area contributed by atoms with Crippen LogP contribution in [0.5, 0.6) is 5.75 Å². The summed E-state index contributed by atoms with van der Waals surface area (Å²) < 4.78 is 7.97. The largest absolute Gasteiger partial charge is 0.491 e. The zero-order valence-electron chi connectivity index (χ0n) is 18.7. The molecule has 0 bridgehead atoms. The Morgan fingerprint density at radius 1 is 1.04 bits per heavy atom. The molecule has 4 heteroatoms.